The average molecular weight is 137 g/mol. The second kappa shape index (κ2) is 1.29. The van der Waals surface area contributed by atoms with Gasteiger partial charge < -0.3 is 5.32 Å². The molecule has 3 atom stereocenters. The summed E-state index contributed by atoms with van der Waals surface area (Å²) in [6.07, 6.45) is 4.55. The van der Waals surface area contributed by atoms with E-state index in [1.165, 1.54) is 32.4 Å². The van der Waals surface area contributed by atoms with Crippen LogP contribution in [0.4, 0.5) is 0 Å². The molecule has 10 heavy (non-hydrogen) atoms. The predicted octanol–water partition coefficient (Wildman–Crippen LogP) is 1.40. The lowest BCUT2D eigenvalue weighted by Gasteiger charge is -2.25. The van der Waals surface area contributed by atoms with E-state index in [2.05, 4.69) is 12.2 Å². The molecule has 0 aromatic rings. The molecule has 1 spiro atoms. The molecule has 1 aliphatic heterocycles. The van der Waals surface area contributed by atoms with E-state index in [1.54, 1.807) is 0 Å². The monoisotopic (exact) mass is 137 g/mol. The van der Waals surface area contributed by atoms with Crippen LogP contribution in [-0.2, 0) is 0 Å². The summed E-state index contributed by atoms with van der Waals surface area (Å²) in [6.45, 7) is 5.11. The SMILES string of the molecule is CC12CCC3CC31CNC2. The van der Waals surface area contributed by atoms with Crippen molar-refractivity contribution in [2.45, 2.75) is 26.2 Å². The summed E-state index contributed by atoms with van der Waals surface area (Å²) < 4.78 is 0. The van der Waals surface area contributed by atoms with Crippen molar-refractivity contribution in [3.63, 3.8) is 0 Å². The van der Waals surface area contributed by atoms with Crippen molar-refractivity contribution in [3.05, 3.63) is 0 Å². The molecule has 2 aliphatic carbocycles. The molecule has 2 saturated carbocycles. The molecule has 0 amide bonds. The van der Waals surface area contributed by atoms with E-state index >= 15 is 0 Å². The van der Waals surface area contributed by atoms with Crippen molar-refractivity contribution in [1.29, 1.82) is 0 Å². The molecular formula is C9H15N. The number of hydrogen-bond acceptors (Lipinski definition) is 1. The quantitative estimate of drug-likeness (QED) is 0.532. The first kappa shape index (κ1) is 5.59. The van der Waals surface area contributed by atoms with Crippen LogP contribution in [0.1, 0.15) is 26.2 Å². The van der Waals surface area contributed by atoms with Gasteiger partial charge in [-0.2, -0.15) is 0 Å². The summed E-state index contributed by atoms with van der Waals surface area (Å²) >= 11 is 0. The lowest BCUT2D eigenvalue weighted by molar-refractivity contribution is 0.253. The summed E-state index contributed by atoms with van der Waals surface area (Å²) in [5.74, 6) is 1.12. The zero-order valence-corrected chi connectivity index (χ0v) is 6.61. The smallest absolute Gasteiger partial charge is 0.00165 e. The van der Waals surface area contributed by atoms with Crippen LogP contribution in [0.25, 0.3) is 0 Å². The Bertz CT molecular complexity index is 180. The zero-order chi connectivity index (χ0) is 6.82. The van der Waals surface area contributed by atoms with Crippen LogP contribution in [0.3, 0.4) is 0 Å². The molecule has 1 N–H and O–H groups in total. The Labute approximate surface area is 62.2 Å². The molecule has 0 radical (unpaired) electrons. The second-order valence-corrected chi connectivity index (χ2v) is 4.76. The summed E-state index contributed by atoms with van der Waals surface area (Å²) in [4.78, 5) is 0. The molecule has 3 rings (SSSR count). The highest BCUT2D eigenvalue weighted by Crippen LogP contribution is 2.73. The molecule has 1 saturated heterocycles. The first-order valence-electron chi connectivity index (χ1n) is 4.48. The molecule has 3 fully saturated rings. The van der Waals surface area contributed by atoms with Crippen LogP contribution in [0.5, 0.6) is 0 Å². The lowest BCUT2D eigenvalue weighted by Crippen LogP contribution is -2.24. The van der Waals surface area contributed by atoms with Gasteiger partial charge in [-0.1, -0.05) is 6.92 Å². The van der Waals surface area contributed by atoms with Crippen LogP contribution in [0.15, 0.2) is 0 Å². The number of nitrogens with one attached hydrogen (secondary N) is 1. The van der Waals surface area contributed by atoms with Gasteiger partial charge in [-0.05, 0) is 36.0 Å². The van der Waals surface area contributed by atoms with Gasteiger partial charge in [0.15, 0.2) is 0 Å². The molecule has 3 unspecified atom stereocenters. The van der Waals surface area contributed by atoms with E-state index in [-0.39, 0.29) is 0 Å². The fraction of sp³-hybridized carbons (Fsp3) is 1.00. The Morgan fingerprint density at radius 3 is 3.00 bits per heavy atom. The van der Waals surface area contributed by atoms with Gasteiger partial charge in [0.05, 0.1) is 0 Å². The third kappa shape index (κ3) is 0.378. The largest absolute Gasteiger partial charge is 0.316 e. The summed E-state index contributed by atoms with van der Waals surface area (Å²) in [7, 11) is 0. The van der Waals surface area contributed by atoms with Gasteiger partial charge in [0.2, 0.25) is 0 Å². The van der Waals surface area contributed by atoms with Gasteiger partial charge in [0, 0.05) is 13.1 Å². The Balaban J connectivity index is 2.06. The summed E-state index contributed by atoms with van der Waals surface area (Å²) in [6, 6.07) is 0. The Kier molecular flexibility index (Phi) is 0.722. The molecular weight excluding hydrogens is 122 g/mol. The minimum atomic E-state index is 0.706. The average Bonchev–Trinajstić information content (AvgIpc) is 2.39. The fourth-order valence-corrected chi connectivity index (χ4v) is 3.50. The molecule has 56 valence electrons. The van der Waals surface area contributed by atoms with Crippen molar-refractivity contribution in [1.82, 2.24) is 5.32 Å². The highest BCUT2D eigenvalue weighted by atomic mass is 15.0. The Morgan fingerprint density at radius 2 is 2.30 bits per heavy atom. The van der Waals surface area contributed by atoms with Gasteiger partial charge in [-0.3, -0.25) is 0 Å². The Morgan fingerprint density at radius 1 is 1.40 bits per heavy atom. The van der Waals surface area contributed by atoms with Crippen molar-refractivity contribution < 1.29 is 0 Å². The van der Waals surface area contributed by atoms with Crippen molar-refractivity contribution in [3.8, 4) is 0 Å². The lowest BCUT2D eigenvalue weighted by atomic mass is 9.78. The Hall–Kier alpha value is -0.0400. The molecule has 1 nitrogen and oxygen atoms in total. The zero-order valence-electron chi connectivity index (χ0n) is 6.61. The molecule has 0 bridgehead atoms. The van der Waals surface area contributed by atoms with E-state index in [0.29, 0.717) is 5.41 Å². The van der Waals surface area contributed by atoms with E-state index < -0.39 is 0 Å². The third-order valence-corrected chi connectivity index (χ3v) is 4.43. The second-order valence-electron chi connectivity index (χ2n) is 4.76. The third-order valence-electron chi connectivity index (χ3n) is 4.43. The van der Waals surface area contributed by atoms with Crippen molar-refractivity contribution in [2.75, 3.05) is 13.1 Å². The van der Waals surface area contributed by atoms with Gasteiger partial charge >= 0.3 is 0 Å². The molecule has 0 aromatic heterocycles. The van der Waals surface area contributed by atoms with Gasteiger partial charge in [0.1, 0.15) is 0 Å². The fourth-order valence-electron chi connectivity index (χ4n) is 3.50. The molecule has 0 aromatic carbocycles. The first-order valence-corrected chi connectivity index (χ1v) is 4.48. The highest BCUT2D eigenvalue weighted by Gasteiger charge is 2.69. The maximum absolute atomic E-state index is 3.55. The number of hydrogen-bond donors (Lipinski definition) is 1. The normalized spacial score (nSPS) is 63.9. The maximum atomic E-state index is 3.55. The molecule has 3 aliphatic rings. The first-order chi connectivity index (χ1) is 4.77. The summed E-state index contributed by atoms with van der Waals surface area (Å²) in [5.41, 5.74) is 1.50. The van der Waals surface area contributed by atoms with Crippen molar-refractivity contribution in [2.24, 2.45) is 16.7 Å². The highest BCUT2D eigenvalue weighted by molar-refractivity contribution is 5.21. The topological polar surface area (TPSA) is 12.0 Å². The van der Waals surface area contributed by atoms with E-state index in [0.717, 1.165) is 11.3 Å². The minimum Gasteiger partial charge on any atom is -0.316 e. The van der Waals surface area contributed by atoms with Crippen LogP contribution in [0, 0.1) is 16.7 Å². The van der Waals surface area contributed by atoms with Gasteiger partial charge in [0.25, 0.3) is 0 Å². The minimum absolute atomic E-state index is 0.706. The summed E-state index contributed by atoms with van der Waals surface area (Å²) in [5, 5.41) is 3.55. The van der Waals surface area contributed by atoms with Gasteiger partial charge in [-0.15, -0.1) is 0 Å². The maximum Gasteiger partial charge on any atom is 0.00165 e. The standard InChI is InChI=1S/C9H15N/c1-8-3-2-7-4-9(7,8)6-10-5-8/h7,10H,2-6H2,1H3. The molecule has 1 heteroatoms. The van der Waals surface area contributed by atoms with Crippen LogP contribution < -0.4 is 5.32 Å². The van der Waals surface area contributed by atoms with E-state index in [9.17, 15) is 0 Å². The van der Waals surface area contributed by atoms with Gasteiger partial charge in [-0.25, -0.2) is 0 Å². The molecule has 1 heterocycles. The van der Waals surface area contributed by atoms with Crippen LogP contribution in [0.2, 0.25) is 0 Å². The van der Waals surface area contributed by atoms with E-state index in [4.69, 9.17) is 0 Å². The predicted molar refractivity (Wildman–Crippen MR) is 40.8 cm³/mol. The van der Waals surface area contributed by atoms with Crippen LogP contribution >= 0.6 is 0 Å². The van der Waals surface area contributed by atoms with Crippen molar-refractivity contribution >= 4 is 0 Å². The number of rotatable bonds is 0. The van der Waals surface area contributed by atoms with Crippen LogP contribution in [-0.4, -0.2) is 13.1 Å². The van der Waals surface area contributed by atoms with E-state index in [1.807, 2.05) is 0 Å².